The molecule has 0 radical (unpaired) electrons. The van der Waals surface area contributed by atoms with Crippen LogP contribution in [0.25, 0.3) is 0 Å². The molecule has 0 saturated carbocycles. The topological polar surface area (TPSA) is 32.3 Å². The van der Waals surface area contributed by atoms with E-state index in [1.807, 2.05) is 12.1 Å². The fourth-order valence-corrected chi connectivity index (χ4v) is 3.96. The number of amides is 1. The highest BCUT2D eigenvalue weighted by atomic mass is 32.2. The third-order valence-corrected chi connectivity index (χ3v) is 4.40. The number of thioether (sulfide) groups is 1. The van der Waals surface area contributed by atoms with Gasteiger partial charge in [0.1, 0.15) is 0 Å². The lowest BCUT2D eigenvalue weighted by Gasteiger charge is -2.34. The first-order valence-corrected chi connectivity index (χ1v) is 7.71. The Bertz CT molecular complexity index is 422. The van der Waals surface area contributed by atoms with Gasteiger partial charge < -0.3 is 5.32 Å². The van der Waals surface area contributed by atoms with Crippen molar-refractivity contribution in [2.75, 3.05) is 18.4 Å². The molecule has 1 saturated heterocycles. The normalized spacial score (nSPS) is 24.2. The third kappa shape index (κ3) is 4.55. The predicted octanol–water partition coefficient (Wildman–Crippen LogP) is 2.97. The Balaban J connectivity index is 1.93. The van der Waals surface area contributed by atoms with E-state index >= 15 is 0 Å². The summed E-state index contributed by atoms with van der Waals surface area (Å²) in [7, 11) is 0. The minimum atomic E-state index is -0.0246. The number of nitrogens with one attached hydrogen (secondary N) is 1. The number of benzene rings is 1. The van der Waals surface area contributed by atoms with Crippen molar-refractivity contribution in [2.45, 2.75) is 37.8 Å². The van der Waals surface area contributed by atoms with Crippen LogP contribution >= 0.6 is 11.8 Å². The Kier molecular flexibility index (Phi) is 4.88. The third-order valence-electron chi connectivity index (χ3n) is 3.18. The molecular formula is C15H22N2OS. The first kappa shape index (κ1) is 14.4. The fourth-order valence-electron chi connectivity index (χ4n) is 2.57. The predicted molar refractivity (Wildman–Crippen MR) is 82.5 cm³/mol. The lowest BCUT2D eigenvalue weighted by molar-refractivity contribution is -0.114. The van der Waals surface area contributed by atoms with E-state index in [1.165, 1.54) is 12.5 Å². The number of nitrogens with zero attached hydrogens (tertiary/aromatic N) is 1. The van der Waals surface area contributed by atoms with E-state index in [1.54, 1.807) is 0 Å². The zero-order valence-electron chi connectivity index (χ0n) is 11.8. The molecule has 1 N–H and O–H groups in total. The fraction of sp³-hybridized carbons (Fsp3) is 0.533. The zero-order valence-corrected chi connectivity index (χ0v) is 12.7. The van der Waals surface area contributed by atoms with Crippen LogP contribution in [0.5, 0.6) is 0 Å². The van der Waals surface area contributed by atoms with Gasteiger partial charge in [-0.3, -0.25) is 9.69 Å². The molecule has 1 aliphatic heterocycles. The van der Waals surface area contributed by atoms with Gasteiger partial charge in [-0.1, -0.05) is 26.0 Å². The molecule has 1 heterocycles. The molecule has 1 aliphatic rings. The van der Waals surface area contributed by atoms with Crippen molar-refractivity contribution in [1.82, 2.24) is 4.90 Å². The summed E-state index contributed by atoms with van der Waals surface area (Å²) < 4.78 is 0. The highest BCUT2D eigenvalue weighted by molar-refractivity contribution is 8.00. The number of hydrogen-bond acceptors (Lipinski definition) is 3. The van der Waals surface area contributed by atoms with E-state index in [0.29, 0.717) is 10.5 Å². The molecule has 1 aromatic carbocycles. The van der Waals surface area contributed by atoms with E-state index in [-0.39, 0.29) is 5.91 Å². The maximum Gasteiger partial charge on any atom is 0.221 e. The average Bonchev–Trinajstić information content (AvgIpc) is 2.29. The second-order valence-corrected chi connectivity index (χ2v) is 7.21. The molecule has 1 aromatic rings. The highest BCUT2D eigenvalue weighted by Crippen LogP contribution is 2.25. The molecule has 0 aliphatic carbocycles. The van der Waals surface area contributed by atoms with Gasteiger partial charge in [0.15, 0.2) is 0 Å². The second kappa shape index (κ2) is 6.44. The molecule has 1 fully saturated rings. The molecule has 0 spiro atoms. The Labute approximate surface area is 119 Å². The molecular weight excluding hydrogens is 256 g/mol. The maximum absolute atomic E-state index is 11.0. The maximum atomic E-state index is 11.0. The number of carbonyl (C=O) groups is 1. The lowest BCUT2D eigenvalue weighted by atomic mass is 10.2. The van der Waals surface area contributed by atoms with Gasteiger partial charge in [-0.15, -0.1) is 0 Å². The van der Waals surface area contributed by atoms with Crippen LogP contribution in [0.1, 0.15) is 26.3 Å². The summed E-state index contributed by atoms with van der Waals surface area (Å²) in [6.07, 6.45) is 0. The average molecular weight is 278 g/mol. The van der Waals surface area contributed by atoms with E-state index in [9.17, 15) is 4.79 Å². The summed E-state index contributed by atoms with van der Waals surface area (Å²) in [4.78, 5) is 13.5. The van der Waals surface area contributed by atoms with Crippen LogP contribution in [-0.4, -0.2) is 34.4 Å². The molecule has 3 nitrogen and oxygen atoms in total. The van der Waals surface area contributed by atoms with Crippen molar-refractivity contribution < 1.29 is 4.79 Å². The Morgan fingerprint density at radius 1 is 1.26 bits per heavy atom. The first-order chi connectivity index (χ1) is 9.02. The van der Waals surface area contributed by atoms with Crippen molar-refractivity contribution in [2.24, 2.45) is 0 Å². The molecule has 0 bridgehead atoms. The molecule has 2 atom stereocenters. The van der Waals surface area contributed by atoms with Gasteiger partial charge >= 0.3 is 0 Å². The minimum absolute atomic E-state index is 0.0246. The van der Waals surface area contributed by atoms with E-state index < -0.39 is 0 Å². The van der Waals surface area contributed by atoms with Crippen LogP contribution < -0.4 is 5.32 Å². The summed E-state index contributed by atoms with van der Waals surface area (Å²) in [5.74, 6) is -0.0246. The van der Waals surface area contributed by atoms with Crippen LogP contribution in [0.4, 0.5) is 5.69 Å². The smallest absolute Gasteiger partial charge is 0.221 e. The number of carbonyl (C=O) groups excluding carboxylic acids is 1. The molecule has 0 aromatic heterocycles. The van der Waals surface area contributed by atoms with Crippen molar-refractivity contribution in [3.8, 4) is 0 Å². The van der Waals surface area contributed by atoms with Crippen LogP contribution in [0.2, 0.25) is 0 Å². The summed E-state index contributed by atoms with van der Waals surface area (Å²) in [6, 6.07) is 8.15. The van der Waals surface area contributed by atoms with Crippen LogP contribution in [0.3, 0.4) is 0 Å². The molecule has 2 rings (SSSR count). The van der Waals surface area contributed by atoms with Crippen LogP contribution in [0, 0.1) is 0 Å². The minimum Gasteiger partial charge on any atom is -0.326 e. The molecule has 1 amide bonds. The number of rotatable bonds is 3. The number of anilines is 1. The Hall–Kier alpha value is -1.00. The van der Waals surface area contributed by atoms with Crippen molar-refractivity contribution in [3.05, 3.63) is 29.8 Å². The Morgan fingerprint density at radius 3 is 2.37 bits per heavy atom. The van der Waals surface area contributed by atoms with Gasteiger partial charge in [0.25, 0.3) is 0 Å². The summed E-state index contributed by atoms with van der Waals surface area (Å²) in [6.45, 7) is 9.43. The van der Waals surface area contributed by atoms with Crippen molar-refractivity contribution >= 4 is 23.4 Å². The van der Waals surface area contributed by atoms with Gasteiger partial charge in [0, 0.05) is 42.7 Å². The second-order valence-electron chi connectivity index (χ2n) is 5.33. The van der Waals surface area contributed by atoms with E-state index in [2.05, 4.69) is 48.0 Å². The van der Waals surface area contributed by atoms with Gasteiger partial charge in [-0.05, 0) is 17.7 Å². The zero-order chi connectivity index (χ0) is 13.8. The van der Waals surface area contributed by atoms with Gasteiger partial charge in [0.05, 0.1) is 0 Å². The molecule has 4 heteroatoms. The van der Waals surface area contributed by atoms with Crippen LogP contribution in [-0.2, 0) is 11.3 Å². The highest BCUT2D eigenvalue weighted by Gasteiger charge is 2.21. The SMILES string of the molecule is CC(=O)Nc1ccc(CN2C[C@H](C)S[C@@H](C)C2)cc1. The molecule has 104 valence electrons. The van der Waals surface area contributed by atoms with Gasteiger partial charge in [-0.2, -0.15) is 11.8 Å². The number of hydrogen-bond donors (Lipinski definition) is 1. The van der Waals surface area contributed by atoms with Gasteiger partial charge in [0.2, 0.25) is 5.91 Å². The lowest BCUT2D eigenvalue weighted by Crippen LogP contribution is -2.39. The summed E-state index contributed by atoms with van der Waals surface area (Å²) in [5.41, 5.74) is 2.17. The van der Waals surface area contributed by atoms with E-state index in [0.717, 1.165) is 25.3 Å². The molecule has 19 heavy (non-hydrogen) atoms. The monoisotopic (exact) mass is 278 g/mol. The first-order valence-electron chi connectivity index (χ1n) is 6.77. The van der Waals surface area contributed by atoms with Crippen molar-refractivity contribution in [1.29, 1.82) is 0 Å². The standard InChI is InChI=1S/C15H22N2OS/c1-11-8-17(9-12(2)19-11)10-14-4-6-15(7-5-14)16-13(3)18/h4-7,11-12H,8-10H2,1-3H3,(H,16,18)/t11-,12-/m0/s1. The molecule has 0 unspecified atom stereocenters. The van der Waals surface area contributed by atoms with Crippen molar-refractivity contribution in [3.63, 3.8) is 0 Å². The Morgan fingerprint density at radius 2 is 1.84 bits per heavy atom. The quantitative estimate of drug-likeness (QED) is 0.922. The van der Waals surface area contributed by atoms with Gasteiger partial charge in [-0.25, -0.2) is 0 Å². The largest absolute Gasteiger partial charge is 0.326 e. The summed E-state index contributed by atoms with van der Waals surface area (Å²) in [5, 5.41) is 4.21. The van der Waals surface area contributed by atoms with E-state index in [4.69, 9.17) is 0 Å². The summed E-state index contributed by atoms with van der Waals surface area (Å²) >= 11 is 2.08. The van der Waals surface area contributed by atoms with Crippen LogP contribution in [0.15, 0.2) is 24.3 Å².